The summed E-state index contributed by atoms with van der Waals surface area (Å²) in [4.78, 5) is 13.7. The summed E-state index contributed by atoms with van der Waals surface area (Å²) in [6.45, 7) is -1.16. The number of ether oxygens (including phenoxy) is 1. The van der Waals surface area contributed by atoms with E-state index in [4.69, 9.17) is 10.5 Å². The van der Waals surface area contributed by atoms with E-state index in [9.17, 15) is 23.3 Å². The average molecular weight is 301 g/mol. The van der Waals surface area contributed by atoms with Gasteiger partial charge in [-0.3, -0.25) is 10.1 Å². The van der Waals surface area contributed by atoms with Crippen molar-refractivity contribution in [3.63, 3.8) is 0 Å². The highest BCUT2D eigenvalue weighted by Crippen LogP contribution is 2.54. The first-order valence-electron chi connectivity index (χ1n) is 6.11. The van der Waals surface area contributed by atoms with Gasteiger partial charge in [-0.25, -0.2) is 18.2 Å². The second-order valence-corrected chi connectivity index (χ2v) is 5.05. The molecular weight excluding hydrogens is 291 g/mol. The molecule has 1 fully saturated rings. The number of benzene rings is 1. The van der Waals surface area contributed by atoms with Gasteiger partial charge in [-0.2, -0.15) is 0 Å². The van der Waals surface area contributed by atoms with E-state index >= 15 is 0 Å². The van der Waals surface area contributed by atoms with Crippen LogP contribution in [0.25, 0.3) is 0 Å². The van der Waals surface area contributed by atoms with Gasteiger partial charge in [-0.1, -0.05) is 0 Å². The molecule has 9 heteroatoms. The van der Waals surface area contributed by atoms with E-state index < -0.39 is 52.0 Å². The Kier molecular flexibility index (Phi) is 2.82. The highest BCUT2D eigenvalue weighted by molar-refractivity contribution is 5.74. The van der Waals surface area contributed by atoms with Crippen LogP contribution >= 0.6 is 0 Å². The van der Waals surface area contributed by atoms with Gasteiger partial charge in [0.2, 0.25) is 0 Å². The van der Waals surface area contributed by atoms with Crippen molar-refractivity contribution in [2.75, 3.05) is 6.67 Å². The number of rotatable bonds is 3. The summed E-state index contributed by atoms with van der Waals surface area (Å²) >= 11 is 0. The number of alkyl halides is 1. The van der Waals surface area contributed by atoms with Crippen LogP contribution in [0.3, 0.4) is 0 Å². The first-order valence-corrected chi connectivity index (χ1v) is 6.11. The van der Waals surface area contributed by atoms with Crippen LogP contribution in [0.5, 0.6) is 0 Å². The lowest BCUT2D eigenvalue weighted by Crippen LogP contribution is -2.40. The van der Waals surface area contributed by atoms with Gasteiger partial charge in [0.1, 0.15) is 18.3 Å². The molecule has 1 aliphatic heterocycles. The summed E-state index contributed by atoms with van der Waals surface area (Å²) in [5.41, 5.74) is 2.49. The molecule has 0 spiro atoms. The predicted octanol–water partition coefficient (Wildman–Crippen LogP) is 1.77. The number of amidine groups is 1. The Balaban J connectivity index is 2.22. The predicted molar refractivity (Wildman–Crippen MR) is 65.3 cm³/mol. The van der Waals surface area contributed by atoms with Crippen molar-refractivity contribution in [1.29, 1.82) is 0 Å². The number of non-ortho nitro benzene ring substituents is 1. The molecular formula is C12H10F3N3O3. The molecule has 0 unspecified atom stereocenters. The zero-order valence-electron chi connectivity index (χ0n) is 10.6. The molecule has 3 atom stereocenters. The summed E-state index contributed by atoms with van der Waals surface area (Å²) in [6.07, 6.45) is -0.0577. The van der Waals surface area contributed by atoms with Crippen LogP contribution in [0.2, 0.25) is 0 Å². The molecule has 2 aliphatic rings. The van der Waals surface area contributed by atoms with Crippen LogP contribution in [0, 0.1) is 27.7 Å². The first-order chi connectivity index (χ1) is 9.89. The maximum atomic E-state index is 14.1. The van der Waals surface area contributed by atoms with Crippen LogP contribution in [0.4, 0.5) is 18.9 Å². The normalized spacial score (nSPS) is 30.1. The van der Waals surface area contributed by atoms with Gasteiger partial charge in [0.15, 0.2) is 11.6 Å². The largest absolute Gasteiger partial charge is 0.462 e. The lowest BCUT2D eigenvalue weighted by Gasteiger charge is -2.31. The summed E-state index contributed by atoms with van der Waals surface area (Å²) in [5.74, 6) is -3.31. The molecule has 0 bridgehead atoms. The second-order valence-electron chi connectivity index (χ2n) is 5.05. The molecule has 112 valence electrons. The average Bonchev–Trinajstić information content (AvgIpc) is 3.19. The highest BCUT2D eigenvalue weighted by Gasteiger charge is 2.60. The highest BCUT2D eigenvalue weighted by atomic mass is 19.2. The molecule has 0 amide bonds. The topological polar surface area (TPSA) is 90.8 Å². The smallest absolute Gasteiger partial charge is 0.283 e. The Morgan fingerprint density at radius 1 is 1.52 bits per heavy atom. The molecule has 2 N–H and O–H groups in total. The minimum atomic E-state index is -1.77. The fourth-order valence-corrected chi connectivity index (χ4v) is 2.72. The van der Waals surface area contributed by atoms with Crippen LogP contribution in [0.1, 0.15) is 12.0 Å². The van der Waals surface area contributed by atoms with E-state index in [0.717, 1.165) is 6.07 Å². The van der Waals surface area contributed by atoms with E-state index in [1.165, 1.54) is 0 Å². The van der Waals surface area contributed by atoms with Gasteiger partial charge in [0, 0.05) is 17.5 Å². The van der Waals surface area contributed by atoms with Gasteiger partial charge < -0.3 is 10.5 Å². The SMILES string of the molecule is NC1=N[C@](CF)(c2cc([N+](=O)[O-])cc(F)c2F)[C@H]2C[C@H]2O1. The van der Waals surface area contributed by atoms with Crippen LogP contribution < -0.4 is 5.73 Å². The van der Waals surface area contributed by atoms with Crippen molar-refractivity contribution < 1.29 is 22.8 Å². The molecule has 1 aromatic rings. The van der Waals surface area contributed by atoms with Crippen molar-refractivity contribution in [2.45, 2.75) is 18.1 Å². The summed E-state index contributed by atoms with van der Waals surface area (Å²) in [6, 6.07) is 0.912. The standard InChI is InChI=1S/C12H10F3N3O3/c13-4-12(6-3-9(6)21-11(16)17-12)7-1-5(18(19)20)2-8(14)10(7)15/h1-2,6,9H,3-4H2,(H2,16,17)/t6-,9+,12-/m0/s1. The van der Waals surface area contributed by atoms with Gasteiger partial charge in [0.25, 0.3) is 11.7 Å². The molecule has 1 aliphatic carbocycles. The zero-order chi connectivity index (χ0) is 15.4. The minimum Gasteiger partial charge on any atom is -0.462 e. The third-order valence-electron chi connectivity index (χ3n) is 3.82. The van der Waals surface area contributed by atoms with E-state index in [1.807, 2.05) is 0 Å². The quantitative estimate of drug-likeness (QED) is 0.680. The Labute approximate surface area is 116 Å². The molecule has 0 saturated heterocycles. The van der Waals surface area contributed by atoms with Crippen molar-refractivity contribution >= 4 is 11.7 Å². The third-order valence-corrected chi connectivity index (χ3v) is 3.82. The van der Waals surface area contributed by atoms with Gasteiger partial charge in [0.05, 0.1) is 11.0 Å². The fourth-order valence-electron chi connectivity index (χ4n) is 2.72. The van der Waals surface area contributed by atoms with Crippen LogP contribution in [0.15, 0.2) is 17.1 Å². The number of nitro groups is 1. The zero-order valence-corrected chi connectivity index (χ0v) is 10.6. The van der Waals surface area contributed by atoms with Gasteiger partial charge in [-0.05, 0) is 6.42 Å². The Hall–Kier alpha value is -2.32. The molecule has 1 saturated carbocycles. The van der Waals surface area contributed by atoms with Crippen molar-refractivity contribution in [3.05, 3.63) is 39.4 Å². The maximum absolute atomic E-state index is 14.1. The lowest BCUT2D eigenvalue weighted by molar-refractivity contribution is -0.385. The van der Waals surface area contributed by atoms with Crippen molar-refractivity contribution in [3.8, 4) is 0 Å². The van der Waals surface area contributed by atoms with E-state index in [0.29, 0.717) is 12.5 Å². The number of nitrogens with two attached hydrogens (primary N) is 1. The van der Waals surface area contributed by atoms with Gasteiger partial charge >= 0.3 is 0 Å². The van der Waals surface area contributed by atoms with E-state index in [-0.39, 0.29) is 6.02 Å². The number of halogens is 3. The molecule has 1 heterocycles. The molecule has 1 aromatic carbocycles. The number of aliphatic imine (C=N–C) groups is 1. The lowest BCUT2D eigenvalue weighted by atomic mass is 9.85. The third kappa shape index (κ3) is 1.91. The number of fused-ring (bicyclic) bond motifs is 1. The van der Waals surface area contributed by atoms with E-state index in [1.54, 1.807) is 0 Å². The number of hydrogen-bond donors (Lipinski definition) is 1. The summed E-state index contributed by atoms with van der Waals surface area (Å²) in [5, 5.41) is 10.8. The molecule has 3 rings (SSSR count). The monoisotopic (exact) mass is 301 g/mol. The number of hydrogen-bond acceptors (Lipinski definition) is 5. The summed E-state index contributed by atoms with van der Waals surface area (Å²) in [7, 11) is 0. The van der Waals surface area contributed by atoms with E-state index in [2.05, 4.69) is 4.99 Å². The van der Waals surface area contributed by atoms with Crippen molar-refractivity contribution in [1.82, 2.24) is 0 Å². The van der Waals surface area contributed by atoms with Gasteiger partial charge in [-0.15, -0.1) is 0 Å². The second kappa shape index (κ2) is 4.34. The summed E-state index contributed by atoms with van der Waals surface area (Å²) < 4.78 is 46.4. The molecule has 21 heavy (non-hydrogen) atoms. The Morgan fingerprint density at radius 2 is 2.24 bits per heavy atom. The molecule has 0 radical (unpaired) electrons. The first kappa shape index (κ1) is 13.7. The Bertz CT molecular complexity index is 667. The van der Waals surface area contributed by atoms with Crippen molar-refractivity contribution in [2.24, 2.45) is 16.6 Å². The maximum Gasteiger partial charge on any atom is 0.283 e. The Morgan fingerprint density at radius 3 is 2.86 bits per heavy atom. The number of nitrogens with zero attached hydrogens (tertiary/aromatic N) is 2. The minimum absolute atomic E-state index is 0.335. The van der Waals surface area contributed by atoms with Crippen LogP contribution in [-0.4, -0.2) is 23.7 Å². The van der Waals surface area contributed by atoms with Crippen LogP contribution in [-0.2, 0) is 10.3 Å². The number of nitro benzene ring substituents is 1. The fraction of sp³-hybridized carbons (Fsp3) is 0.417. The molecule has 6 nitrogen and oxygen atoms in total. The molecule has 0 aromatic heterocycles.